The lowest BCUT2D eigenvalue weighted by atomic mass is 10.1. The Morgan fingerprint density at radius 2 is 2.04 bits per heavy atom. The van der Waals surface area contributed by atoms with Crippen molar-refractivity contribution < 1.29 is 9.63 Å². The number of amides is 1. The molecule has 0 aliphatic carbocycles. The number of hydrogen-bond donors (Lipinski definition) is 0. The summed E-state index contributed by atoms with van der Waals surface area (Å²) in [6, 6.07) is 7.66. The van der Waals surface area contributed by atoms with E-state index in [2.05, 4.69) is 24.8 Å². The van der Waals surface area contributed by atoms with Gasteiger partial charge >= 0.3 is 0 Å². The molecule has 142 valence electrons. The van der Waals surface area contributed by atoms with Gasteiger partial charge < -0.3 is 4.90 Å². The van der Waals surface area contributed by atoms with Crippen LogP contribution in [0.15, 0.2) is 59.3 Å². The van der Waals surface area contributed by atoms with E-state index in [-0.39, 0.29) is 5.91 Å². The van der Waals surface area contributed by atoms with Crippen LogP contribution in [0.1, 0.15) is 19.4 Å². The maximum absolute atomic E-state index is 13.3. The second-order valence-electron chi connectivity index (χ2n) is 6.88. The highest BCUT2D eigenvalue weighted by molar-refractivity contribution is 6.31. The van der Waals surface area contributed by atoms with Gasteiger partial charge in [0.2, 0.25) is 0 Å². The van der Waals surface area contributed by atoms with Gasteiger partial charge in [-0.2, -0.15) is 0 Å². The van der Waals surface area contributed by atoms with E-state index < -0.39 is 0 Å². The molecule has 1 aromatic carbocycles. The predicted molar refractivity (Wildman–Crippen MR) is 104 cm³/mol. The van der Waals surface area contributed by atoms with Crippen LogP contribution in [0, 0.1) is 0 Å². The van der Waals surface area contributed by atoms with Crippen molar-refractivity contribution in [3.05, 3.63) is 69.9 Å². The summed E-state index contributed by atoms with van der Waals surface area (Å²) in [5.41, 5.74) is 3.69. The number of benzene rings is 1. The molecule has 1 amide bonds. The minimum absolute atomic E-state index is 0.0461. The van der Waals surface area contributed by atoms with E-state index in [9.17, 15) is 4.79 Å². The molecule has 0 bridgehead atoms. The molecule has 0 atom stereocenters. The Balaban J connectivity index is 1.83. The summed E-state index contributed by atoms with van der Waals surface area (Å²) in [5, 5.41) is 2.34. The molecule has 0 unspecified atom stereocenters. The molecule has 0 saturated heterocycles. The molecule has 7 heteroatoms. The lowest BCUT2D eigenvalue weighted by Crippen LogP contribution is -2.49. The lowest BCUT2D eigenvalue weighted by Gasteiger charge is -2.44. The summed E-state index contributed by atoms with van der Waals surface area (Å²) in [7, 11) is 1.61. The van der Waals surface area contributed by atoms with E-state index in [4.69, 9.17) is 16.4 Å². The van der Waals surface area contributed by atoms with E-state index in [0.717, 1.165) is 30.2 Å². The molecule has 6 nitrogen and oxygen atoms in total. The van der Waals surface area contributed by atoms with Crippen LogP contribution >= 0.6 is 11.6 Å². The minimum Gasteiger partial charge on any atom is -0.352 e. The van der Waals surface area contributed by atoms with Crippen molar-refractivity contribution in [2.45, 2.75) is 20.4 Å². The summed E-state index contributed by atoms with van der Waals surface area (Å²) in [4.78, 5) is 24.9. The van der Waals surface area contributed by atoms with Crippen LogP contribution < -0.4 is 0 Å². The van der Waals surface area contributed by atoms with Gasteiger partial charge in [0.1, 0.15) is 18.2 Å². The standard InChI is InChI=1S/C20H23ClN4O2/c1-4-22-10-14(2)9-17-19(22)25-13-23(27-3)12-18(25)20(26)24(17)11-15-7-5-6-8-16(15)21/h5-9,12H,4,10-11,13H2,1-3H3. The number of likely N-dealkylation sites (N-methyl/N-ethyl adjacent to an activating group) is 1. The fraction of sp³-hybridized carbons (Fsp3) is 0.350. The highest BCUT2D eigenvalue weighted by atomic mass is 35.5. The van der Waals surface area contributed by atoms with Gasteiger partial charge in [0.05, 0.1) is 25.6 Å². The zero-order valence-electron chi connectivity index (χ0n) is 15.8. The summed E-state index contributed by atoms with van der Waals surface area (Å²) in [5.74, 6) is 0.996. The first-order valence-corrected chi connectivity index (χ1v) is 9.43. The molecule has 0 fully saturated rings. The first-order chi connectivity index (χ1) is 13.0. The molecule has 0 radical (unpaired) electrons. The molecular formula is C20H23ClN4O2. The fourth-order valence-electron chi connectivity index (χ4n) is 3.78. The zero-order chi connectivity index (χ0) is 19.1. The van der Waals surface area contributed by atoms with Gasteiger partial charge in [-0.05, 0) is 31.6 Å². The monoisotopic (exact) mass is 386 g/mol. The number of carbonyl (C=O) groups is 1. The predicted octanol–water partition coefficient (Wildman–Crippen LogP) is 3.11. The third-order valence-corrected chi connectivity index (χ3v) is 5.47. The molecular weight excluding hydrogens is 364 g/mol. The van der Waals surface area contributed by atoms with Crippen molar-refractivity contribution in [1.29, 1.82) is 0 Å². The number of allylic oxidation sites excluding steroid dienone is 1. The molecule has 3 aliphatic heterocycles. The van der Waals surface area contributed by atoms with Crippen molar-refractivity contribution >= 4 is 17.5 Å². The average molecular weight is 387 g/mol. The Bertz CT molecular complexity index is 876. The Morgan fingerprint density at radius 1 is 1.26 bits per heavy atom. The fourth-order valence-corrected chi connectivity index (χ4v) is 3.97. The van der Waals surface area contributed by atoms with Gasteiger partial charge in [0, 0.05) is 18.1 Å². The second-order valence-corrected chi connectivity index (χ2v) is 7.29. The second kappa shape index (κ2) is 6.94. The van der Waals surface area contributed by atoms with Crippen LogP contribution in [0.4, 0.5) is 0 Å². The lowest BCUT2D eigenvalue weighted by molar-refractivity contribution is -0.129. The summed E-state index contributed by atoms with van der Waals surface area (Å²) in [6.45, 7) is 6.86. The Morgan fingerprint density at radius 3 is 2.74 bits per heavy atom. The summed E-state index contributed by atoms with van der Waals surface area (Å²) < 4.78 is 0. The molecule has 3 heterocycles. The molecule has 0 aromatic heterocycles. The van der Waals surface area contributed by atoms with Gasteiger partial charge in [0.15, 0.2) is 0 Å². The number of hydroxylamine groups is 2. The zero-order valence-corrected chi connectivity index (χ0v) is 16.5. The average Bonchev–Trinajstić information content (AvgIpc) is 3.10. The van der Waals surface area contributed by atoms with Crippen molar-refractivity contribution in [1.82, 2.24) is 19.8 Å². The van der Waals surface area contributed by atoms with E-state index in [0.29, 0.717) is 23.9 Å². The van der Waals surface area contributed by atoms with E-state index in [1.807, 2.05) is 34.1 Å². The minimum atomic E-state index is -0.0461. The van der Waals surface area contributed by atoms with E-state index in [1.165, 1.54) is 5.57 Å². The van der Waals surface area contributed by atoms with Crippen LogP contribution in [0.25, 0.3) is 0 Å². The third-order valence-electron chi connectivity index (χ3n) is 5.10. The number of hydrogen-bond acceptors (Lipinski definition) is 5. The number of rotatable bonds is 4. The van der Waals surface area contributed by atoms with E-state index in [1.54, 1.807) is 18.4 Å². The van der Waals surface area contributed by atoms with Crippen molar-refractivity contribution in [2.24, 2.45) is 0 Å². The van der Waals surface area contributed by atoms with Crippen LogP contribution in [-0.4, -0.2) is 52.5 Å². The van der Waals surface area contributed by atoms with E-state index >= 15 is 0 Å². The highest BCUT2D eigenvalue weighted by Crippen LogP contribution is 2.38. The molecule has 4 rings (SSSR count). The number of nitrogens with zero attached hydrogens (tertiary/aromatic N) is 4. The first kappa shape index (κ1) is 17.9. The van der Waals surface area contributed by atoms with Crippen LogP contribution in [0.3, 0.4) is 0 Å². The Kier molecular flexibility index (Phi) is 4.61. The maximum Gasteiger partial charge on any atom is 0.277 e. The molecule has 1 aromatic rings. The number of fused-ring (bicyclic) bond motifs is 2. The molecule has 0 saturated carbocycles. The summed E-state index contributed by atoms with van der Waals surface area (Å²) >= 11 is 6.37. The van der Waals surface area contributed by atoms with Crippen LogP contribution in [0.5, 0.6) is 0 Å². The molecule has 3 aliphatic rings. The normalized spacial score (nSPS) is 19.3. The topological polar surface area (TPSA) is 39.3 Å². The van der Waals surface area contributed by atoms with Crippen molar-refractivity contribution in [2.75, 3.05) is 26.9 Å². The number of halogens is 1. The van der Waals surface area contributed by atoms with Gasteiger partial charge in [-0.1, -0.05) is 35.4 Å². The van der Waals surface area contributed by atoms with Gasteiger partial charge in [-0.3, -0.25) is 19.4 Å². The SMILES string of the molecule is CCN1CC(C)=CC2=C1N1CN(OC)C=C1C(=O)N2Cc1ccccc1Cl. The van der Waals surface area contributed by atoms with Gasteiger partial charge in [-0.25, -0.2) is 5.06 Å². The van der Waals surface area contributed by atoms with Gasteiger partial charge in [-0.15, -0.1) is 0 Å². The van der Waals surface area contributed by atoms with Crippen molar-refractivity contribution in [3.63, 3.8) is 0 Å². The maximum atomic E-state index is 13.3. The Hall–Kier alpha value is -2.44. The largest absolute Gasteiger partial charge is 0.352 e. The highest BCUT2D eigenvalue weighted by Gasteiger charge is 2.42. The van der Waals surface area contributed by atoms with Crippen molar-refractivity contribution in [3.8, 4) is 0 Å². The summed E-state index contributed by atoms with van der Waals surface area (Å²) in [6.07, 6.45) is 3.88. The molecule has 0 N–H and O–H groups in total. The smallest absolute Gasteiger partial charge is 0.277 e. The molecule has 0 spiro atoms. The number of carbonyl (C=O) groups excluding carboxylic acids is 1. The third kappa shape index (κ3) is 2.99. The quantitative estimate of drug-likeness (QED) is 0.795. The molecule has 27 heavy (non-hydrogen) atoms. The van der Waals surface area contributed by atoms with Crippen LogP contribution in [-0.2, 0) is 16.2 Å². The van der Waals surface area contributed by atoms with Crippen LogP contribution in [0.2, 0.25) is 5.02 Å². The van der Waals surface area contributed by atoms with Gasteiger partial charge in [0.25, 0.3) is 5.91 Å². The first-order valence-electron chi connectivity index (χ1n) is 9.05. The Labute approximate surface area is 164 Å².